The Kier molecular flexibility index (Phi) is 4.04. The first-order valence-electron chi connectivity index (χ1n) is 6.30. The predicted octanol–water partition coefficient (Wildman–Crippen LogP) is 1.38. The summed E-state index contributed by atoms with van der Waals surface area (Å²) in [6, 6.07) is 0. The van der Waals surface area contributed by atoms with Crippen molar-refractivity contribution in [2.75, 3.05) is 26.2 Å². The van der Waals surface area contributed by atoms with E-state index in [-0.39, 0.29) is 11.9 Å². The number of Topliss-reactive ketones (excluding diaryl/α,β-unsaturated/α-hetero) is 1. The first-order chi connectivity index (χ1) is 8.61. The van der Waals surface area contributed by atoms with Crippen molar-refractivity contribution >= 4 is 5.78 Å². The van der Waals surface area contributed by atoms with Gasteiger partial charge in [-0.1, -0.05) is 6.92 Å². The second-order valence-electron chi connectivity index (χ2n) is 4.54. The first kappa shape index (κ1) is 13.1. The normalized spacial score (nSPS) is 20.9. The van der Waals surface area contributed by atoms with Crippen molar-refractivity contribution in [3.63, 3.8) is 0 Å². The Hall–Kier alpha value is -1.33. The molecule has 0 aliphatic carbocycles. The predicted molar refractivity (Wildman–Crippen MR) is 67.6 cm³/mol. The number of rotatable bonds is 3. The van der Waals surface area contributed by atoms with Crippen LogP contribution in [0.2, 0.25) is 0 Å². The second kappa shape index (κ2) is 5.54. The minimum Gasteiger partial charge on any atom is -0.368 e. The maximum Gasteiger partial charge on any atom is 0.163 e. The van der Waals surface area contributed by atoms with E-state index in [9.17, 15) is 4.79 Å². The zero-order valence-corrected chi connectivity index (χ0v) is 11.1. The molecule has 1 aliphatic rings. The molecule has 0 spiro atoms. The number of carbonyl (C=O) groups excluding carboxylic acids is 1. The van der Waals surface area contributed by atoms with Crippen LogP contribution in [-0.2, 0) is 4.74 Å². The number of ether oxygens (including phenoxy) is 1. The molecule has 5 heteroatoms. The fraction of sp³-hybridized carbons (Fsp3) is 0.615. The van der Waals surface area contributed by atoms with Gasteiger partial charge in [-0.05, 0) is 20.4 Å². The number of ketones is 1. The quantitative estimate of drug-likeness (QED) is 0.757. The second-order valence-corrected chi connectivity index (χ2v) is 4.54. The highest BCUT2D eigenvalue weighted by atomic mass is 16.5. The van der Waals surface area contributed by atoms with Gasteiger partial charge in [0.1, 0.15) is 6.10 Å². The van der Waals surface area contributed by atoms with Gasteiger partial charge in [0.25, 0.3) is 0 Å². The Morgan fingerprint density at radius 3 is 3.00 bits per heavy atom. The molecule has 2 heterocycles. The van der Waals surface area contributed by atoms with Gasteiger partial charge in [0.05, 0.1) is 17.9 Å². The zero-order chi connectivity index (χ0) is 13.1. The molecule has 1 unspecified atom stereocenters. The van der Waals surface area contributed by atoms with Gasteiger partial charge in [-0.25, -0.2) is 9.97 Å². The molecule has 1 saturated heterocycles. The zero-order valence-electron chi connectivity index (χ0n) is 11.1. The minimum absolute atomic E-state index is 0.00111. The van der Waals surface area contributed by atoms with Crippen LogP contribution < -0.4 is 0 Å². The van der Waals surface area contributed by atoms with Gasteiger partial charge in [0.2, 0.25) is 0 Å². The third-order valence-corrected chi connectivity index (χ3v) is 3.26. The molecular weight excluding hydrogens is 230 g/mol. The molecule has 18 heavy (non-hydrogen) atoms. The van der Waals surface area contributed by atoms with Gasteiger partial charge in [0.15, 0.2) is 11.6 Å². The number of nitrogens with zero attached hydrogens (tertiary/aromatic N) is 3. The van der Waals surface area contributed by atoms with Crippen LogP contribution in [0.1, 0.15) is 41.8 Å². The van der Waals surface area contributed by atoms with Gasteiger partial charge >= 0.3 is 0 Å². The molecule has 0 amide bonds. The lowest BCUT2D eigenvalue weighted by Gasteiger charge is -2.31. The van der Waals surface area contributed by atoms with Gasteiger partial charge in [-0.2, -0.15) is 0 Å². The number of likely N-dealkylation sites (N-methyl/N-ethyl adjacent to an activating group) is 1. The van der Waals surface area contributed by atoms with Crippen LogP contribution in [0.4, 0.5) is 0 Å². The summed E-state index contributed by atoms with van der Waals surface area (Å²) in [5.41, 5.74) is 1.31. The third-order valence-electron chi connectivity index (χ3n) is 3.26. The van der Waals surface area contributed by atoms with Crippen LogP contribution in [0.25, 0.3) is 0 Å². The average Bonchev–Trinajstić information content (AvgIpc) is 2.38. The summed E-state index contributed by atoms with van der Waals surface area (Å²) in [5.74, 6) is 0.675. The Morgan fingerprint density at radius 1 is 1.61 bits per heavy atom. The Morgan fingerprint density at radius 2 is 2.39 bits per heavy atom. The van der Waals surface area contributed by atoms with Crippen molar-refractivity contribution < 1.29 is 9.53 Å². The standard InChI is InChI=1S/C13H19N3O2/c1-4-16-5-6-18-12(8-16)13-14-7-11(10(3)17)9(2)15-13/h7,12H,4-6,8H2,1-3H3. The van der Waals surface area contributed by atoms with E-state index in [1.807, 2.05) is 6.92 Å². The van der Waals surface area contributed by atoms with E-state index in [4.69, 9.17) is 4.74 Å². The molecule has 0 aromatic carbocycles. The van der Waals surface area contributed by atoms with Gasteiger partial charge in [-0.15, -0.1) is 0 Å². The molecule has 0 bridgehead atoms. The summed E-state index contributed by atoms with van der Waals surface area (Å²) in [6.45, 7) is 8.98. The summed E-state index contributed by atoms with van der Waals surface area (Å²) < 4.78 is 5.70. The van der Waals surface area contributed by atoms with Crippen LogP contribution in [0.3, 0.4) is 0 Å². The van der Waals surface area contributed by atoms with E-state index in [1.54, 1.807) is 6.20 Å². The largest absolute Gasteiger partial charge is 0.368 e. The van der Waals surface area contributed by atoms with E-state index >= 15 is 0 Å². The Labute approximate surface area is 107 Å². The van der Waals surface area contributed by atoms with Gasteiger partial charge < -0.3 is 4.74 Å². The van der Waals surface area contributed by atoms with E-state index in [1.165, 1.54) is 6.92 Å². The number of morpholine rings is 1. The summed E-state index contributed by atoms with van der Waals surface area (Å²) in [5, 5.41) is 0. The van der Waals surface area contributed by atoms with E-state index in [0.717, 1.165) is 25.3 Å². The Balaban J connectivity index is 2.18. The topological polar surface area (TPSA) is 55.3 Å². The van der Waals surface area contributed by atoms with E-state index in [0.29, 0.717) is 18.0 Å². The van der Waals surface area contributed by atoms with Crippen LogP contribution in [0, 0.1) is 6.92 Å². The Bertz CT molecular complexity index is 448. The molecule has 98 valence electrons. The molecule has 1 aromatic heterocycles. The number of carbonyl (C=O) groups is 1. The fourth-order valence-corrected chi connectivity index (χ4v) is 2.13. The average molecular weight is 249 g/mol. The molecule has 2 rings (SSSR count). The van der Waals surface area contributed by atoms with Crippen molar-refractivity contribution in [3.05, 3.63) is 23.3 Å². The molecule has 5 nitrogen and oxygen atoms in total. The highest BCUT2D eigenvalue weighted by Gasteiger charge is 2.23. The van der Waals surface area contributed by atoms with Gasteiger partial charge in [0, 0.05) is 19.3 Å². The molecule has 0 N–H and O–H groups in total. The van der Waals surface area contributed by atoms with E-state index in [2.05, 4.69) is 21.8 Å². The molecule has 1 aromatic rings. The monoisotopic (exact) mass is 249 g/mol. The third kappa shape index (κ3) is 2.73. The van der Waals surface area contributed by atoms with Crippen LogP contribution in [0.15, 0.2) is 6.20 Å². The summed E-state index contributed by atoms with van der Waals surface area (Å²) in [7, 11) is 0. The minimum atomic E-state index is -0.0848. The van der Waals surface area contributed by atoms with Crippen LogP contribution in [0.5, 0.6) is 0 Å². The lowest BCUT2D eigenvalue weighted by molar-refractivity contribution is -0.0326. The molecule has 1 fully saturated rings. The first-order valence-corrected chi connectivity index (χ1v) is 6.30. The van der Waals surface area contributed by atoms with Crippen molar-refractivity contribution in [2.45, 2.75) is 26.9 Å². The molecule has 0 saturated carbocycles. The lowest BCUT2D eigenvalue weighted by Crippen LogP contribution is -2.38. The molecular formula is C13H19N3O2. The number of hydrogen-bond donors (Lipinski definition) is 0. The number of hydrogen-bond acceptors (Lipinski definition) is 5. The van der Waals surface area contributed by atoms with Crippen LogP contribution >= 0.6 is 0 Å². The van der Waals surface area contributed by atoms with Crippen molar-refractivity contribution in [3.8, 4) is 0 Å². The highest BCUT2D eigenvalue weighted by molar-refractivity contribution is 5.94. The highest BCUT2D eigenvalue weighted by Crippen LogP contribution is 2.19. The maximum absolute atomic E-state index is 11.3. The number of aromatic nitrogens is 2. The SMILES string of the molecule is CCN1CCOC(c2ncc(C(C)=O)c(C)n2)C1. The molecule has 1 atom stereocenters. The summed E-state index contributed by atoms with van der Waals surface area (Å²) in [6.07, 6.45) is 1.52. The molecule has 0 radical (unpaired) electrons. The summed E-state index contributed by atoms with van der Waals surface area (Å²) in [4.78, 5) is 22.3. The van der Waals surface area contributed by atoms with Crippen molar-refractivity contribution in [1.29, 1.82) is 0 Å². The molecule has 1 aliphatic heterocycles. The van der Waals surface area contributed by atoms with Gasteiger partial charge in [-0.3, -0.25) is 9.69 Å². The summed E-state index contributed by atoms with van der Waals surface area (Å²) >= 11 is 0. The lowest BCUT2D eigenvalue weighted by atomic mass is 10.1. The smallest absolute Gasteiger partial charge is 0.163 e. The number of aryl methyl sites for hydroxylation is 1. The van der Waals surface area contributed by atoms with Crippen LogP contribution in [-0.4, -0.2) is 46.9 Å². The van der Waals surface area contributed by atoms with E-state index < -0.39 is 0 Å². The maximum atomic E-state index is 11.3. The van der Waals surface area contributed by atoms with Crippen molar-refractivity contribution in [1.82, 2.24) is 14.9 Å². The van der Waals surface area contributed by atoms with Crippen molar-refractivity contribution in [2.24, 2.45) is 0 Å². The fourth-order valence-electron chi connectivity index (χ4n) is 2.13.